The zero-order valence-corrected chi connectivity index (χ0v) is 8.33. The van der Waals surface area contributed by atoms with E-state index in [1.165, 1.54) is 19.3 Å². The number of amides is 1. The summed E-state index contributed by atoms with van der Waals surface area (Å²) in [5.41, 5.74) is 0. The molecule has 0 saturated carbocycles. The number of likely N-dealkylation sites (N-methyl/N-ethyl adjacent to an activating group) is 1. The molecule has 0 aromatic rings. The van der Waals surface area contributed by atoms with Gasteiger partial charge >= 0.3 is 0 Å². The first kappa shape index (κ1) is 9.00. The van der Waals surface area contributed by atoms with E-state index in [0.29, 0.717) is 5.91 Å². The number of rotatable bonds is 1. The van der Waals surface area contributed by atoms with E-state index >= 15 is 0 Å². The average Bonchev–Trinajstić information content (AvgIpc) is 2.72. The van der Waals surface area contributed by atoms with Crippen molar-refractivity contribution in [2.24, 2.45) is 0 Å². The lowest BCUT2D eigenvalue weighted by molar-refractivity contribution is -0.134. The highest BCUT2D eigenvalue weighted by Gasteiger charge is 2.32. The van der Waals surface area contributed by atoms with Crippen LogP contribution in [0.25, 0.3) is 0 Å². The Labute approximate surface area is 79.7 Å². The van der Waals surface area contributed by atoms with Crippen LogP contribution in [0.5, 0.6) is 0 Å². The number of hydrogen-bond acceptors (Lipinski definition) is 2. The Bertz CT molecular complexity index is 199. The van der Waals surface area contributed by atoms with Gasteiger partial charge in [0.2, 0.25) is 5.91 Å². The molecule has 0 N–H and O–H groups in total. The predicted molar refractivity (Wildman–Crippen MR) is 51.5 cm³/mol. The summed E-state index contributed by atoms with van der Waals surface area (Å²) < 4.78 is 0. The van der Waals surface area contributed by atoms with Crippen molar-refractivity contribution in [1.29, 1.82) is 0 Å². The van der Waals surface area contributed by atoms with Crippen molar-refractivity contribution in [2.75, 3.05) is 26.7 Å². The minimum Gasteiger partial charge on any atom is -0.341 e. The van der Waals surface area contributed by atoms with Crippen molar-refractivity contribution in [2.45, 2.75) is 31.7 Å². The van der Waals surface area contributed by atoms with Crippen molar-refractivity contribution in [3.8, 4) is 0 Å². The maximum atomic E-state index is 11.9. The van der Waals surface area contributed by atoms with E-state index in [1.807, 2.05) is 4.90 Å². The molecule has 0 bridgehead atoms. The van der Waals surface area contributed by atoms with E-state index < -0.39 is 0 Å². The van der Waals surface area contributed by atoms with Crippen LogP contribution in [-0.4, -0.2) is 48.4 Å². The average molecular weight is 182 g/mol. The Kier molecular flexibility index (Phi) is 2.54. The predicted octanol–water partition coefficient (Wildman–Crippen LogP) is 0.703. The van der Waals surface area contributed by atoms with E-state index in [0.717, 1.165) is 26.1 Å². The maximum Gasteiger partial charge on any atom is 0.239 e. The van der Waals surface area contributed by atoms with E-state index in [1.54, 1.807) is 0 Å². The molecular weight excluding hydrogens is 164 g/mol. The topological polar surface area (TPSA) is 23.6 Å². The van der Waals surface area contributed by atoms with Crippen LogP contribution < -0.4 is 0 Å². The normalized spacial score (nSPS) is 29.9. The summed E-state index contributed by atoms with van der Waals surface area (Å²) in [5.74, 6) is 0.373. The molecule has 0 spiro atoms. The fourth-order valence-corrected chi connectivity index (χ4v) is 2.37. The molecule has 1 amide bonds. The molecule has 1 atom stereocenters. The number of hydrogen-bond donors (Lipinski definition) is 0. The standard InChI is InChI=1S/C10H18N2O/c1-11-6-4-5-9(11)10(13)12-7-2-3-8-12/h9H,2-8H2,1H3. The van der Waals surface area contributed by atoms with Gasteiger partial charge in [0, 0.05) is 13.1 Å². The van der Waals surface area contributed by atoms with Crippen molar-refractivity contribution in [1.82, 2.24) is 9.80 Å². The SMILES string of the molecule is CN1CCCC1C(=O)N1CCCC1. The monoisotopic (exact) mass is 182 g/mol. The summed E-state index contributed by atoms with van der Waals surface area (Å²) >= 11 is 0. The number of carbonyl (C=O) groups is 1. The molecule has 2 aliphatic heterocycles. The fraction of sp³-hybridized carbons (Fsp3) is 0.900. The van der Waals surface area contributed by atoms with Crippen molar-refractivity contribution < 1.29 is 4.79 Å². The zero-order valence-electron chi connectivity index (χ0n) is 8.33. The molecular formula is C10H18N2O. The highest BCUT2D eigenvalue weighted by molar-refractivity contribution is 5.82. The first-order valence-corrected chi connectivity index (χ1v) is 5.28. The Morgan fingerprint density at radius 1 is 1.15 bits per heavy atom. The van der Waals surface area contributed by atoms with Gasteiger partial charge in [-0.05, 0) is 39.3 Å². The van der Waals surface area contributed by atoms with Gasteiger partial charge in [0.15, 0.2) is 0 Å². The summed E-state index contributed by atoms with van der Waals surface area (Å²) in [5, 5.41) is 0. The van der Waals surface area contributed by atoms with E-state index in [-0.39, 0.29) is 6.04 Å². The lowest BCUT2D eigenvalue weighted by Gasteiger charge is -2.24. The number of carbonyl (C=O) groups excluding carboxylic acids is 1. The van der Waals surface area contributed by atoms with Gasteiger partial charge in [0.05, 0.1) is 6.04 Å². The van der Waals surface area contributed by atoms with Gasteiger partial charge in [-0.1, -0.05) is 0 Å². The third kappa shape index (κ3) is 1.70. The summed E-state index contributed by atoms with van der Waals surface area (Å²) in [6.45, 7) is 3.07. The summed E-state index contributed by atoms with van der Waals surface area (Å²) in [4.78, 5) is 16.2. The van der Waals surface area contributed by atoms with E-state index in [9.17, 15) is 4.79 Å². The third-order valence-corrected chi connectivity index (χ3v) is 3.22. The molecule has 0 aromatic carbocycles. The Balaban J connectivity index is 1.95. The summed E-state index contributed by atoms with van der Waals surface area (Å²) in [6, 6.07) is 0.193. The molecule has 13 heavy (non-hydrogen) atoms. The van der Waals surface area contributed by atoms with Gasteiger partial charge in [-0.3, -0.25) is 9.69 Å². The molecule has 0 radical (unpaired) electrons. The van der Waals surface area contributed by atoms with Gasteiger partial charge in [-0.25, -0.2) is 0 Å². The fourth-order valence-electron chi connectivity index (χ4n) is 2.37. The molecule has 0 aromatic heterocycles. The van der Waals surface area contributed by atoms with Crippen LogP contribution in [-0.2, 0) is 4.79 Å². The molecule has 3 nitrogen and oxygen atoms in total. The number of likely N-dealkylation sites (tertiary alicyclic amines) is 2. The molecule has 2 aliphatic rings. The Morgan fingerprint density at radius 2 is 1.85 bits per heavy atom. The van der Waals surface area contributed by atoms with Gasteiger partial charge in [-0.15, -0.1) is 0 Å². The molecule has 74 valence electrons. The second kappa shape index (κ2) is 3.66. The molecule has 2 rings (SSSR count). The minimum absolute atomic E-state index is 0.193. The van der Waals surface area contributed by atoms with Crippen LogP contribution in [0.1, 0.15) is 25.7 Å². The minimum atomic E-state index is 0.193. The molecule has 1 unspecified atom stereocenters. The first-order valence-electron chi connectivity index (χ1n) is 5.28. The Hall–Kier alpha value is -0.570. The van der Waals surface area contributed by atoms with Crippen LogP contribution in [0, 0.1) is 0 Å². The van der Waals surface area contributed by atoms with Crippen LogP contribution in [0.2, 0.25) is 0 Å². The lowest BCUT2D eigenvalue weighted by Crippen LogP contribution is -2.42. The van der Waals surface area contributed by atoms with E-state index in [2.05, 4.69) is 11.9 Å². The van der Waals surface area contributed by atoms with Crippen LogP contribution in [0.15, 0.2) is 0 Å². The van der Waals surface area contributed by atoms with Gasteiger partial charge in [0.25, 0.3) is 0 Å². The third-order valence-electron chi connectivity index (χ3n) is 3.22. The highest BCUT2D eigenvalue weighted by Crippen LogP contribution is 2.19. The lowest BCUT2D eigenvalue weighted by atomic mass is 10.2. The van der Waals surface area contributed by atoms with Gasteiger partial charge < -0.3 is 4.90 Å². The maximum absolute atomic E-state index is 11.9. The summed E-state index contributed by atoms with van der Waals surface area (Å²) in [6.07, 6.45) is 4.64. The zero-order chi connectivity index (χ0) is 9.26. The largest absolute Gasteiger partial charge is 0.341 e. The summed E-state index contributed by atoms with van der Waals surface area (Å²) in [7, 11) is 2.06. The van der Waals surface area contributed by atoms with Gasteiger partial charge in [-0.2, -0.15) is 0 Å². The van der Waals surface area contributed by atoms with Crippen LogP contribution >= 0.6 is 0 Å². The second-order valence-corrected chi connectivity index (χ2v) is 4.17. The molecule has 2 heterocycles. The van der Waals surface area contributed by atoms with Crippen molar-refractivity contribution >= 4 is 5.91 Å². The first-order chi connectivity index (χ1) is 6.29. The van der Waals surface area contributed by atoms with Crippen molar-refractivity contribution in [3.63, 3.8) is 0 Å². The second-order valence-electron chi connectivity index (χ2n) is 4.17. The van der Waals surface area contributed by atoms with Crippen LogP contribution in [0.4, 0.5) is 0 Å². The Morgan fingerprint density at radius 3 is 2.38 bits per heavy atom. The van der Waals surface area contributed by atoms with Crippen LogP contribution in [0.3, 0.4) is 0 Å². The molecule has 2 fully saturated rings. The molecule has 0 aliphatic carbocycles. The highest BCUT2D eigenvalue weighted by atomic mass is 16.2. The quantitative estimate of drug-likeness (QED) is 0.596. The van der Waals surface area contributed by atoms with Gasteiger partial charge in [0.1, 0.15) is 0 Å². The smallest absolute Gasteiger partial charge is 0.239 e. The van der Waals surface area contributed by atoms with E-state index in [4.69, 9.17) is 0 Å². The number of nitrogens with zero attached hydrogens (tertiary/aromatic N) is 2. The van der Waals surface area contributed by atoms with Crippen molar-refractivity contribution in [3.05, 3.63) is 0 Å². The molecule has 2 saturated heterocycles. The molecule has 3 heteroatoms.